The monoisotopic (exact) mass is 443 g/mol. The maximum absolute atomic E-state index is 9.19. The zero-order valence-corrected chi connectivity index (χ0v) is 19.8. The fourth-order valence-corrected chi connectivity index (χ4v) is 8.22. The highest BCUT2D eigenvalue weighted by molar-refractivity contribution is 7.16. The molecule has 3 nitrogen and oxygen atoms in total. The maximum atomic E-state index is 9.19. The summed E-state index contributed by atoms with van der Waals surface area (Å²) in [4.78, 5) is 0. The van der Waals surface area contributed by atoms with E-state index in [2.05, 4.69) is 103 Å². The van der Waals surface area contributed by atoms with Gasteiger partial charge in [0.2, 0.25) is 0 Å². The summed E-state index contributed by atoms with van der Waals surface area (Å²) in [5.41, 5.74) is 6.01. The zero-order chi connectivity index (χ0) is 22.7. The molecular weight excluding hydrogens is 418 g/mol. The van der Waals surface area contributed by atoms with Crippen molar-refractivity contribution in [2.45, 2.75) is 19.0 Å². The van der Waals surface area contributed by atoms with Crippen molar-refractivity contribution in [3.63, 3.8) is 0 Å². The van der Waals surface area contributed by atoms with Crippen LogP contribution in [-0.4, -0.2) is 23.7 Å². The summed E-state index contributed by atoms with van der Waals surface area (Å²) in [6.45, 7) is 4.47. The molecule has 1 atom stereocenters. The van der Waals surface area contributed by atoms with Crippen LogP contribution in [0.15, 0.2) is 97.1 Å². The molecule has 1 aromatic heterocycles. The Bertz CT molecular complexity index is 1580. The maximum Gasteiger partial charge on any atom is 0.130 e. The molecule has 5 aromatic rings. The first kappa shape index (κ1) is 19.9. The van der Waals surface area contributed by atoms with Crippen molar-refractivity contribution in [2.24, 2.45) is 0 Å². The molecule has 0 bridgehead atoms. The number of para-hydroxylation sites is 2. The Kier molecular flexibility index (Phi) is 4.29. The predicted octanol–water partition coefficient (Wildman–Crippen LogP) is 6.42. The van der Waals surface area contributed by atoms with Crippen LogP contribution in [0.3, 0.4) is 0 Å². The summed E-state index contributed by atoms with van der Waals surface area (Å²) < 4.78 is 2.29. The first-order valence-electron chi connectivity index (χ1n) is 11.3. The van der Waals surface area contributed by atoms with Crippen LogP contribution >= 0.6 is 0 Å². The van der Waals surface area contributed by atoms with Crippen molar-refractivity contribution in [3.8, 4) is 5.69 Å². The number of nitrogens with one attached hydrogen (secondary N) is 2. The van der Waals surface area contributed by atoms with Crippen molar-refractivity contribution in [2.75, 3.05) is 0 Å². The number of nitrogens with zero attached hydrogens (tertiary/aromatic N) is 1. The molecule has 0 aliphatic carbocycles. The molecule has 4 aromatic carbocycles. The Morgan fingerprint density at radius 3 is 2.24 bits per heavy atom. The summed E-state index contributed by atoms with van der Waals surface area (Å²) in [5, 5.41) is 22.6. The molecule has 1 aliphatic heterocycles. The minimum Gasteiger partial charge on any atom is -0.313 e. The second kappa shape index (κ2) is 7.12. The molecular formula is C29H25N3Si. The van der Waals surface area contributed by atoms with E-state index in [1.807, 2.05) is 12.1 Å². The van der Waals surface area contributed by atoms with Gasteiger partial charge in [0.25, 0.3) is 0 Å². The molecule has 1 unspecified atom stereocenters. The van der Waals surface area contributed by atoms with Crippen LogP contribution in [-0.2, 0) is 0 Å². The Morgan fingerprint density at radius 2 is 1.42 bits per heavy atom. The Morgan fingerprint density at radius 1 is 0.758 bits per heavy atom. The van der Waals surface area contributed by atoms with Crippen LogP contribution in [0, 0.1) is 10.8 Å². The molecule has 0 radical (unpaired) electrons. The van der Waals surface area contributed by atoms with E-state index < -0.39 is 8.07 Å². The van der Waals surface area contributed by atoms with E-state index in [4.69, 9.17) is 5.41 Å². The Hall–Kier alpha value is -3.76. The van der Waals surface area contributed by atoms with Gasteiger partial charge in [-0.1, -0.05) is 79.8 Å². The lowest BCUT2D eigenvalue weighted by Gasteiger charge is -2.19. The van der Waals surface area contributed by atoms with E-state index in [-0.39, 0.29) is 5.92 Å². The Balaban J connectivity index is 1.54. The van der Waals surface area contributed by atoms with Crippen LogP contribution < -0.4 is 5.19 Å². The molecule has 33 heavy (non-hydrogen) atoms. The average Bonchev–Trinajstić information content (AvgIpc) is 3.28. The highest BCUT2D eigenvalue weighted by atomic mass is 28.3. The largest absolute Gasteiger partial charge is 0.313 e. The van der Waals surface area contributed by atoms with Gasteiger partial charge in [-0.2, -0.15) is 0 Å². The van der Waals surface area contributed by atoms with E-state index >= 15 is 0 Å². The van der Waals surface area contributed by atoms with Crippen molar-refractivity contribution in [1.82, 2.24) is 4.57 Å². The SMILES string of the molecule is C[Si]1(C)C(=N)C(C(=N)c2ccc3c(c2)c2ccccc2n3-c2ccccc2)c2ccccc21. The topological polar surface area (TPSA) is 52.6 Å². The summed E-state index contributed by atoms with van der Waals surface area (Å²) >= 11 is 0. The van der Waals surface area contributed by atoms with Gasteiger partial charge in [0.05, 0.1) is 22.7 Å². The van der Waals surface area contributed by atoms with E-state index in [9.17, 15) is 5.41 Å². The van der Waals surface area contributed by atoms with E-state index in [0.717, 1.165) is 38.6 Å². The highest BCUT2D eigenvalue weighted by Gasteiger charge is 2.45. The summed E-state index contributed by atoms with van der Waals surface area (Å²) in [6, 6.07) is 33.6. The van der Waals surface area contributed by atoms with Gasteiger partial charge in [-0.25, -0.2) is 0 Å². The summed E-state index contributed by atoms with van der Waals surface area (Å²) in [5.74, 6) is -0.247. The van der Waals surface area contributed by atoms with Gasteiger partial charge >= 0.3 is 0 Å². The van der Waals surface area contributed by atoms with Crippen LogP contribution in [0.1, 0.15) is 17.0 Å². The minimum atomic E-state index is -2.02. The number of rotatable bonds is 3. The third-order valence-electron chi connectivity index (χ3n) is 7.19. The first-order chi connectivity index (χ1) is 16.0. The molecule has 0 fully saturated rings. The highest BCUT2D eigenvalue weighted by Crippen LogP contribution is 2.36. The van der Waals surface area contributed by atoms with Crippen LogP contribution in [0.4, 0.5) is 0 Å². The second-order valence-corrected chi connectivity index (χ2v) is 13.7. The fourth-order valence-electron chi connectivity index (χ4n) is 5.44. The number of hydrogen-bond acceptors (Lipinski definition) is 2. The van der Waals surface area contributed by atoms with Gasteiger partial charge in [-0.15, -0.1) is 0 Å². The Labute approximate surface area is 194 Å². The van der Waals surface area contributed by atoms with E-state index in [0.29, 0.717) is 5.71 Å². The first-order valence-corrected chi connectivity index (χ1v) is 14.3. The number of aromatic nitrogens is 1. The quantitative estimate of drug-likeness (QED) is 0.239. The molecule has 2 N–H and O–H groups in total. The van der Waals surface area contributed by atoms with Gasteiger partial charge in [-0.05, 0) is 46.6 Å². The lowest BCUT2D eigenvalue weighted by Crippen LogP contribution is -2.45. The van der Waals surface area contributed by atoms with Crippen LogP contribution in [0.25, 0.3) is 27.5 Å². The molecule has 6 rings (SSSR count). The summed E-state index contributed by atoms with van der Waals surface area (Å²) in [7, 11) is -2.02. The lowest BCUT2D eigenvalue weighted by atomic mass is 9.90. The predicted molar refractivity (Wildman–Crippen MR) is 142 cm³/mol. The van der Waals surface area contributed by atoms with Gasteiger partial charge in [0.1, 0.15) is 8.07 Å². The molecule has 0 saturated heterocycles. The summed E-state index contributed by atoms with van der Waals surface area (Å²) in [6.07, 6.45) is 0. The fraction of sp³-hybridized carbons (Fsp3) is 0.103. The van der Waals surface area contributed by atoms with E-state index in [1.54, 1.807) is 0 Å². The van der Waals surface area contributed by atoms with Crippen molar-refractivity contribution >= 4 is 46.1 Å². The van der Waals surface area contributed by atoms with Crippen molar-refractivity contribution < 1.29 is 0 Å². The average molecular weight is 444 g/mol. The lowest BCUT2D eigenvalue weighted by molar-refractivity contribution is 1.18. The van der Waals surface area contributed by atoms with Gasteiger partial charge in [-0.3, -0.25) is 0 Å². The smallest absolute Gasteiger partial charge is 0.130 e. The van der Waals surface area contributed by atoms with Crippen LogP contribution in [0.5, 0.6) is 0 Å². The molecule has 1 aliphatic rings. The standard InChI is InChI=1S/C29H25N3Si/c1-33(2)26-15-9-7-13-22(26)27(29(33)31)28(30)19-16-17-25-23(18-19)21-12-6-8-14-24(21)32(25)20-10-4-3-5-11-20/h3-18,27,30-31H,1-2H3. The molecule has 0 spiro atoms. The van der Waals surface area contributed by atoms with Gasteiger partial charge in [0, 0.05) is 21.8 Å². The molecule has 2 heterocycles. The second-order valence-electron chi connectivity index (χ2n) is 9.39. The molecule has 0 saturated carbocycles. The third-order valence-corrected chi connectivity index (χ3v) is 10.6. The minimum absolute atomic E-state index is 0.247. The van der Waals surface area contributed by atoms with Crippen molar-refractivity contribution in [3.05, 3.63) is 108 Å². The number of hydrogen-bond donors (Lipinski definition) is 2. The normalized spacial score (nSPS) is 16.9. The molecule has 4 heteroatoms. The van der Waals surface area contributed by atoms with Crippen molar-refractivity contribution in [1.29, 1.82) is 10.8 Å². The number of fused-ring (bicyclic) bond motifs is 4. The van der Waals surface area contributed by atoms with Gasteiger partial charge in [0.15, 0.2) is 0 Å². The molecule has 0 amide bonds. The van der Waals surface area contributed by atoms with E-state index in [1.165, 1.54) is 10.6 Å². The van der Waals surface area contributed by atoms with Gasteiger partial charge < -0.3 is 15.4 Å². The molecule has 160 valence electrons. The third kappa shape index (κ3) is 2.81. The van der Waals surface area contributed by atoms with Crippen LogP contribution in [0.2, 0.25) is 13.1 Å². The number of benzene rings is 4. The zero-order valence-electron chi connectivity index (χ0n) is 18.8.